The molecule has 1 heterocycles. The molecule has 0 aromatic heterocycles. The van der Waals surface area contributed by atoms with Gasteiger partial charge in [-0.25, -0.2) is 9.59 Å². The van der Waals surface area contributed by atoms with Crippen molar-refractivity contribution in [3.63, 3.8) is 0 Å². The highest BCUT2D eigenvalue weighted by Crippen LogP contribution is 2.44. The number of amides is 2. The summed E-state index contributed by atoms with van der Waals surface area (Å²) in [6.07, 6.45) is -1.22. The zero-order valence-corrected chi connectivity index (χ0v) is 19.1. The van der Waals surface area contributed by atoms with Crippen molar-refractivity contribution in [2.45, 2.75) is 24.4 Å². The summed E-state index contributed by atoms with van der Waals surface area (Å²) in [4.78, 5) is 48.1. The first-order valence-electron chi connectivity index (χ1n) is 11.2. The maximum Gasteiger partial charge on any atom is 0.407 e. The Morgan fingerprint density at radius 1 is 1.03 bits per heavy atom. The molecule has 2 aliphatic rings. The lowest BCUT2D eigenvalue weighted by Crippen LogP contribution is -2.50. The maximum atomic E-state index is 12.7. The van der Waals surface area contributed by atoms with Crippen molar-refractivity contribution >= 4 is 23.9 Å². The first-order valence-corrected chi connectivity index (χ1v) is 11.2. The number of methoxy groups -OCH3 is 1. The SMILES string of the molecule is COC(=O)C[C@@H](NC(=O)C1COCC1NC(=O)OCC1c2ccccc2-c2ccccc21)C(=O)O. The summed E-state index contributed by atoms with van der Waals surface area (Å²) in [6, 6.07) is 13.8. The molecule has 0 radical (unpaired) electrons. The van der Waals surface area contributed by atoms with Crippen molar-refractivity contribution in [2.75, 3.05) is 26.9 Å². The van der Waals surface area contributed by atoms with Crippen LogP contribution >= 0.6 is 0 Å². The van der Waals surface area contributed by atoms with E-state index in [-0.39, 0.29) is 25.7 Å². The molecule has 2 aromatic carbocycles. The van der Waals surface area contributed by atoms with E-state index in [1.54, 1.807) is 0 Å². The Labute approximate surface area is 201 Å². The Morgan fingerprint density at radius 3 is 2.26 bits per heavy atom. The van der Waals surface area contributed by atoms with Gasteiger partial charge in [-0.1, -0.05) is 48.5 Å². The minimum Gasteiger partial charge on any atom is -0.480 e. The quantitative estimate of drug-likeness (QED) is 0.483. The fourth-order valence-corrected chi connectivity index (χ4v) is 4.48. The van der Waals surface area contributed by atoms with Gasteiger partial charge in [0.2, 0.25) is 5.91 Å². The van der Waals surface area contributed by atoms with Crippen molar-refractivity contribution in [3.05, 3.63) is 59.7 Å². The lowest BCUT2D eigenvalue weighted by Gasteiger charge is -2.21. The van der Waals surface area contributed by atoms with Crippen molar-refractivity contribution in [1.29, 1.82) is 0 Å². The number of carboxylic acid groups (broad SMARTS) is 1. The maximum absolute atomic E-state index is 12.7. The number of carbonyl (C=O) groups excluding carboxylic acids is 3. The minimum absolute atomic E-state index is 0.00921. The van der Waals surface area contributed by atoms with Crippen LogP contribution in [0.3, 0.4) is 0 Å². The van der Waals surface area contributed by atoms with Gasteiger partial charge in [-0.2, -0.15) is 0 Å². The molecule has 0 saturated carbocycles. The summed E-state index contributed by atoms with van der Waals surface area (Å²) >= 11 is 0. The number of esters is 1. The van der Waals surface area contributed by atoms with E-state index in [1.807, 2.05) is 48.5 Å². The van der Waals surface area contributed by atoms with Crippen molar-refractivity contribution < 1.29 is 38.5 Å². The second-order valence-electron chi connectivity index (χ2n) is 8.40. The Kier molecular flexibility index (Phi) is 7.31. The second kappa shape index (κ2) is 10.6. The monoisotopic (exact) mass is 482 g/mol. The van der Waals surface area contributed by atoms with Gasteiger partial charge in [-0.05, 0) is 22.3 Å². The molecule has 2 unspecified atom stereocenters. The average Bonchev–Trinajstić information content (AvgIpc) is 3.44. The number of rotatable bonds is 8. The van der Waals surface area contributed by atoms with Crippen LogP contribution in [0.5, 0.6) is 0 Å². The predicted octanol–water partition coefficient (Wildman–Crippen LogP) is 1.67. The highest BCUT2D eigenvalue weighted by molar-refractivity contribution is 5.89. The van der Waals surface area contributed by atoms with Crippen LogP contribution < -0.4 is 10.6 Å². The fourth-order valence-electron chi connectivity index (χ4n) is 4.48. The number of fused-ring (bicyclic) bond motifs is 3. The Hall–Kier alpha value is -3.92. The molecule has 1 fully saturated rings. The highest BCUT2D eigenvalue weighted by Gasteiger charge is 2.38. The van der Waals surface area contributed by atoms with Gasteiger partial charge in [0.15, 0.2) is 0 Å². The normalized spacial score (nSPS) is 19.2. The third-order valence-corrected chi connectivity index (χ3v) is 6.28. The predicted molar refractivity (Wildman–Crippen MR) is 123 cm³/mol. The smallest absolute Gasteiger partial charge is 0.407 e. The van der Waals surface area contributed by atoms with Crippen LogP contribution in [0.1, 0.15) is 23.5 Å². The Morgan fingerprint density at radius 2 is 1.66 bits per heavy atom. The number of aliphatic carboxylic acids is 1. The fraction of sp³-hybridized carbons (Fsp3) is 0.360. The summed E-state index contributed by atoms with van der Waals surface area (Å²) in [5.74, 6) is -3.74. The van der Waals surface area contributed by atoms with Crippen LogP contribution in [0, 0.1) is 5.92 Å². The molecule has 3 atom stereocenters. The molecule has 10 heteroatoms. The molecule has 1 aliphatic carbocycles. The van der Waals surface area contributed by atoms with Gasteiger partial charge >= 0.3 is 18.0 Å². The summed E-state index contributed by atoms with van der Waals surface area (Å²) in [5, 5.41) is 14.3. The summed E-state index contributed by atoms with van der Waals surface area (Å²) < 4.78 is 15.3. The van der Waals surface area contributed by atoms with Gasteiger partial charge in [-0.3, -0.25) is 9.59 Å². The number of carbonyl (C=O) groups is 4. The first-order chi connectivity index (χ1) is 16.9. The van der Waals surface area contributed by atoms with E-state index in [4.69, 9.17) is 9.47 Å². The number of nitrogens with one attached hydrogen (secondary N) is 2. The number of hydrogen-bond acceptors (Lipinski definition) is 7. The lowest BCUT2D eigenvalue weighted by molar-refractivity contribution is -0.149. The number of carboxylic acids is 1. The minimum atomic E-state index is -1.45. The van der Waals surface area contributed by atoms with E-state index in [2.05, 4.69) is 15.4 Å². The molecule has 1 saturated heterocycles. The van der Waals surface area contributed by atoms with Gasteiger partial charge in [0, 0.05) is 5.92 Å². The van der Waals surface area contributed by atoms with Gasteiger partial charge in [0.25, 0.3) is 0 Å². The third kappa shape index (κ3) is 5.27. The van der Waals surface area contributed by atoms with Crippen LogP contribution in [0.15, 0.2) is 48.5 Å². The van der Waals surface area contributed by atoms with Crippen LogP contribution in [-0.4, -0.2) is 68.1 Å². The largest absolute Gasteiger partial charge is 0.480 e. The second-order valence-corrected chi connectivity index (χ2v) is 8.40. The summed E-state index contributed by atoms with van der Waals surface area (Å²) in [7, 11) is 1.13. The molecular formula is C25H26N2O8. The molecule has 35 heavy (non-hydrogen) atoms. The topological polar surface area (TPSA) is 140 Å². The van der Waals surface area contributed by atoms with E-state index in [9.17, 15) is 24.3 Å². The molecule has 1 aliphatic heterocycles. The number of hydrogen-bond donors (Lipinski definition) is 3. The van der Waals surface area contributed by atoms with E-state index in [0.29, 0.717) is 0 Å². The molecule has 0 bridgehead atoms. The summed E-state index contributed by atoms with van der Waals surface area (Å²) in [5.41, 5.74) is 4.37. The molecule has 10 nitrogen and oxygen atoms in total. The van der Waals surface area contributed by atoms with E-state index in [1.165, 1.54) is 0 Å². The zero-order valence-electron chi connectivity index (χ0n) is 19.1. The van der Waals surface area contributed by atoms with Crippen LogP contribution in [0.2, 0.25) is 0 Å². The van der Waals surface area contributed by atoms with Crippen molar-refractivity contribution in [1.82, 2.24) is 10.6 Å². The third-order valence-electron chi connectivity index (χ3n) is 6.28. The molecule has 2 aromatic rings. The van der Waals surface area contributed by atoms with Crippen LogP contribution in [-0.2, 0) is 28.6 Å². The van der Waals surface area contributed by atoms with Crippen LogP contribution in [0.25, 0.3) is 11.1 Å². The Bertz CT molecular complexity index is 1090. The number of ether oxygens (including phenoxy) is 3. The molecule has 4 rings (SSSR count). The van der Waals surface area contributed by atoms with E-state index < -0.39 is 48.4 Å². The summed E-state index contributed by atoms with van der Waals surface area (Å²) in [6.45, 7) is 0.173. The molecule has 184 valence electrons. The first kappa shape index (κ1) is 24.2. The zero-order chi connectivity index (χ0) is 24.9. The molecule has 3 N–H and O–H groups in total. The van der Waals surface area contributed by atoms with E-state index >= 15 is 0 Å². The average molecular weight is 482 g/mol. The molecule has 0 spiro atoms. The van der Waals surface area contributed by atoms with Gasteiger partial charge in [0.05, 0.1) is 38.7 Å². The highest BCUT2D eigenvalue weighted by atomic mass is 16.6. The lowest BCUT2D eigenvalue weighted by atomic mass is 9.98. The molecular weight excluding hydrogens is 456 g/mol. The molecule has 2 amide bonds. The Balaban J connectivity index is 1.35. The van der Waals surface area contributed by atoms with Crippen LogP contribution in [0.4, 0.5) is 4.79 Å². The van der Waals surface area contributed by atoms with Crippen molar-refractivity contribution in [3.8, 4) is 11.1 Å². The number of benzene rings is 2. The van der Waals surface area contributed by atoms with Gasteiger partial charge < -0.3 is 30.0 Å². The van der Waals surface area contributed by atoms with Gasteiger partial charge in [0.1, 0.15) is 12.6 Å². The standard InChI is InChI=1S/C25H26N2O8/c1-33-22(28)10-20(24(30)31)26-23(29)19-11-34-13-21(19)27-25(32)35-12-18-16-8-4-2-6-14(16)15-7-3-5-9-17(15)18/h2-9,18-21H,10-13H2,1H3,(H,26,29)(H,27,32)(H,30,31)/t19?,20-,21?/m1/s1. The van der Waals surface area contributed by atoms with Gasteiger partial charge in [-0.15, -0.1) is 0 Å². The van der Waals surface area contributed by atoms with E-state index in [0.717, 1.165) is 29.4 Å². The number of alkyl carbamates (subject to hydrolysis) is 1. The van der Waals surface area contributed by atoms with Crippen molar-refractivity contribution in [2.24, 2.45) is 5.92 Å².